The van der Waals surface area contributed by atoms with Gasteiger partial charge in [-0.3, -0.25) is 4.79 Å². The maximum Gasteiger partial charge on any atom is 0.139 e. The van der Waals surface area contributed by atoms with Crippen LogP contribution >= 0.6 is 0 Å². The van der Waals surface area contributed by atoms with Crippen LogP contribution in [0.5, 0.6) is 5.75 Å². The predicted octanol–water partition coefficient (Wildman–Crippen LogP) is 4.35. The van der Waals surface area contributed by atoms with E-state index in [0.717, 1.165) is 16.9 Å². The lowest BCUT2D eigenvalue weighted by molar-refractivity contribution is -0.119. The summed E-state index contributed by atoms with van der Waals surface area (Å²) >= 11 is 0. The molecule has 0 N–H and O–H groups in total. The number of rotatable bonds is 6. The number of ketones is 1. The van der Waals surface area contributed by atoms with Gasteiger partial charge in [0.2, 0.25) is 0 Å². The minimum Gasteiger partial charge on any atom is -0.489 e. The monoisotopic (exact) mass is 268 g/mol. The van der Waals surface area contributed by atoms with Gasteiger partial charge in [-0.05, 0) is 23.3 Å². The van der Waals surface area contributed by atoms with E-state index in [2.05, 4.69) is 0 Å². The molecule has 2 aromatic rings. The Kier molecular flexibility index (Phi) is 4.94. The van der Waals surface area contributed by atoms with Crippen molar-refractivity contribution in [3.8, 4) is 5.75 Å². The number of benzene rings is 2. The molecule has 0 aromatic heterocycles. The average Bonchev–Trinajstić information content (AvgIpc) is 2.53. The molecule has 0 aliphatic rings. The van der Waals surface area contributed by atoms with Gasteiger partial charge in [-0.25, -0.2) is 0 Å². The van der Waals surface area contributed by atoms with Gasteiger partial charge < -0.3 is 4.74 Å². The van der Waals surface area contributed by atoms with E-state index in [1.165, 1.54) is 0 Å². The van der Waals surface area contributed by atoms with E-state index in [1.807, 2.05) is 68.4 Å². The molecule has 1 unspecified atom stereocenters. The summed E-state index contributed by atoms with van der Waals surface area (Å²) in [4.78, 5) is 11.7. The molecule has 0 heterocycles. The topological polar surface area (TPSA) is 26.3 Å². The van der Waals surface area contributed by atoms with Crippen molar-refractivity contribution in [3.63, 3.8) is 0 Å². The highest BCUT2D eigenvalue weighted by atomic mass is 16.5. The molecule has 1 atom stereocenters. The molecule has 0 saturated carbocycles. The summed E-state index contributed by atoms with van der Waals surface area (Å²) in [6, 6.07) is 17.9. The van der Waals surface area contributed by atoms with Crippen molar-refractivity contribution in [1.29, 1.82) is 0 Å². The molecule has 104 valence electrons. The van der Waals surface area contributed by atoms with E-state index in [0.29, 0.717) is 13.0 Å². The van der Waals surface area contributed by atoms with Crippen LogP contribution in [-0.2, 0) is 11.4 Å². The zero-order chi connectivity index (χ0) is 14.4. The summed E-state index contributed by atoms with van der Waals surface area (Å²) in [5.74, 6) is 1.06. The summed E-state index contributed by atoms with van der Waals surface area (Å²) in [6.45, 7) is 4.41. The molecule has 0 aliphatic heterocycles. The second kappa shape index (κ2) is 6.90. The van der Waals surface area contributed by atoms with E-state index in [-0.39, 0.29) is 11.7 Å². The Morgan fingerprint density at radius 1 is 1.05 bits per heavy atom. The molecule has 2 rings (SSSR count). The smallest absolute Gasteiger partial charge is 0.139 e. The second-order valence-electron chi connectivity index (χ2n) is 4.88. The summed E-state index contributed by atoms with van der Waals surface area (Å²) in [5, 5.41) is 0. The lowest BCUT2D eigenvalue weighted by atomic mass is 9.95. The third kappa shape index (κ3) is 3.70. The summed E-state index contributed by atoms with van der Waals surface area (Å²) < 4.78 is 5.73. The van der Waals surface area contributed by atoms with Crippen LogP contribution in [0.3, 0.4) is 0 Å². The van der Waals surface area contributed by atoms with E-state index in [1.54, 1.807) is 0 Å². The number of ether oxygens (including phenoxy) is 1. The van der Waals surface area contributed by atoms with Gasteiger partial charge in [0, 0.05) is 12.3 Å². The van der Waals surface area contributed by atoms with E-state index >= 15 is 0 Å². The van der Waals surface area contributed by atoms with Crippen LogP contribution < -0.4 is 4.74 Å². The van der Waals surface area contributed by atoms with E-state index in [4.69, 9.17) is 4.74 Å². The van der Waals surface area contributed by atoms with Crippen LogP contribution in [0.1, 0.15) is 37.3 Å². The van der Waals surface area contributed by atoms with E-state index in [9.17, 15) is 4.79 Å². The quantitative estimate of drug-likeness (QED) is 0.778. The van der Waals surface area contributed by atoms with Gasteiger partial charge in [0.25, 0.3) is 0 Å². The molecular formula is C18H20O2. The highest BCUT2D eigenvalue weighted by Crippen LogP contribution is 2.21. The molecule has 0 spiro atoms. The van der Waals surface area contributed by atoms with Gasteiger partial charge in [-0.15, -0.1) is 0 Å². The highest BCUT2D eigenvalue weighted by molar-refractivity contribution is 5.85. The van der Waals surface area contributed by atoms with Gasteiger partial charge in [-0.2, -0.15) is 0 Å². The summed E-state index contributed by atoms with van der Waals surface area (Å²) in [5.41, 5.74) is 2.19. The molecule has 2 nitrogen and oxygen atoms in total. The van der Waals surface area contributed by atoms with Gasteiger partial charge in [0.05, 0.1) is 0 Å². The van der Waals surface area contributed by atoms with Crippen LogP contribution in [0.4, 0.5) is 0 Å². The van der Waals surface area contributed by atoms with Crippen molar-refractivity contribution in [1.82, 2.24) is 0 Å². The first-order valence-corrected chi connectivity index (χ1v) is 7.00. The molecular weight excluding hydrogens is 248 g/mol. The molecule has 0 radical (unpaired) electrons. The fraction of sp³-hybridized carbons (Fsp3) is 0.278. The van der Waals surface area contributed by atoms with Crippen molar-refractivity contribution >= 4 is 5.78 Å². The highest BCUT2D eigenvalue weighted by Gasteiger charge is 2.12. The lowest BCUT2D eigenvalue weighted by Crippen LogP contribution is -2.07. The zero-order valence-corrected chi connectivity index (χ0v) is 12.0. The first kappa shape index (κ1) is 14.3. The number of hydrogen-bond donors (Lipinski definition) is 0. The Labute approximate surface area is 120 Å². The van der Waals surface area contributed by atoms with Gasteiger partial charge >= 0.3 is 0 Å². The normalized spacial score (nSPS) is 11.9. The van der Waals surface area contributed by atoms with Crippen LogP contribution in [0.15, 0.2) is 54.6 Å². The Morgan fingerprint density at radius 3 is 2.30 bits per heavy atom. The molecule has 2 aromatic carbocycles. The first-order valence-electron chi connectivity index (χ1n) is 7.00. The lowest BCUT2D eigenvalue weighted by Gasteiger charge is -2.11. The Bertz CT molecular complexity index is 543. The molecule has 0 fully saturated rings. The van der Waals surface area contributed by atoms with Gasteiger partial charge in [0.15, 0.2) is 0 Å². The number of carbonyl (C=O) groups excluding carboxylic acids is 1. The van der Waals surface area contributed by atoms with Crippen molar-refractivity contribution < 1.29 is 9.53 Å². The molecule has 0 aliphatic carbocycles. The number of carbonyl (C=O) groups is 1. The molecule has 0 bridgehead atoms. The zero-order valence-electron chi connectivity index (χ0n) is 12.0. The first-order chi connectivity index (χ1) is 9.70. The third-order valence-electron chi connectivity index (χ3n) is 3.46. The van der Waals surface area contributed by atoms with Crippen molar-refractivity contribution in [2.45, 2.75) is 32.8 Å². The Balaban J connectivity index is 1.96. The SMILES string of the molecule is CCC(=O)C(C)c1ccc(OCc2ccccc2)cc1. The van der Waals surface area contributed by atoms with Crippen molar-refractivity contribution in [3.05, 3.63) is 65.7 Å². The Morgan fingerprint density at radius 2 is 1.70 bits per heavy atom. The standard InChI is InChI=1S/C18H20O2/c1-3-18(19)14(2)16-9-11-17(12-10-16)20-13-15-7-5-4-6-8-15/h4-12,14H,3,13H2,1-2H3. The second-order valence-corrected chi connectivity index (χ2v) is 4.88. The van der Waals surface area contributed by atoms with Crippen LogP contribution in [0.2, 0.25) is 0 Å². The fourth-order valence-electron chi connectivity index (χ4n) is 2.09. The third-order valence-corrected chi connectivity index (χ3v) is 3.46. The summed E-state index contributed by atoms with van der Waals surface area (Å²) in [6.07, 6.45) is 0.577. The minimum atomic E-state index is -0.0387. The number of hydrogen-bond acceptors (Lipinski definition) is 2. The number of Topliss-reactive ketones (excluding diaryl/α,β-unsaturated/α-hetero) is 1. The molecule has 2 heteroatoms. The largest absolute Gasteiger partial charge is 0.489 e. The van der Waals surface area contributed by atoms with Crippen molar-refractivity contribution in [2.24, 2.45) is 0 Å². The van der Waals surface area contributed by atoms with Crippen LogP contribution in [0, 0.1) is 0 Å². The summed E-state index contributed by atoms with van der Waals surface area (Å²) in [7, 11) is 0. The molecule has 20 heavy (non-hydrogen) atoms. The van der Waals surface area contributed by atoms with Crippen molar-refractivity contribution in [2.75, 3.05) is 0 Å². The fourth-order valence-corrected chi connectivity index (χ4v) is 2.09. The minimum absolute atomic E-state index is 0.0387. The van der Waals surface area contributed by atoms with Crippen LogP contribution in [0.25, 0.3) is 0 Å². The van der Waals surface area contributed by atoms with Gasteiger partial charge in [-0.1, -0.05) is 56.3 Å². The average molecular weight is 268 g/mol. The maximum absolute atomic E-state index is 11.7. The molecule has 0 saturated heterocycles. The van der Waals surface area contributed by atoms with Crippen LogP contribution in [-0.4, -0.2) is 5.78 Å². The molecule has 0 amide bonds. The van der Waals surface area contributed by atoms with Gasteiger partial charge in [0.1, 0.15) is 18.1 Å². The predicted molar refractivity (Wildman–Crippen MR) is 80.9 cm³/mol. The Hall–Kier alpha value is -2.09. The maximum atomic E-state index is 11.7. The van der Waals surface area contributed by atoms with E-state index < -0.39 is 0 Å².